The van der Waals surface area contributed by atoms with Gasteiger partial charge in [0.2, 0.25) is 5.95 Å². The minimum atomic E-state index is 0.294. The van der Waals surface area contributed by atoms with Crippen LogP contribution in [0.15, 0.2) is 36.7 Å². The van der Waals surface area contributed by atoms with Gasteiger partial charge in [0.25, 0.3) is 0 Å². The summed E-state index contributed by atoms with van der Waals surface area (Å²) in [5.41, 5.74) is 8.60. The molecule has 0 saturated heterocycles. The van der Waals surface area contributed by atoms with Crippen molar-refractivity contribution in [3.63, 3.8) is 0 Å². The molecule has 3 rings (SSSR count). The van der Waals surface area contributed by atoms with E-state index in [2.05, 4.69) is 46.2 Å². The summed E-state index contributed by atoms with van der Waals surface area (Å²) >= 11 is 0. The van der Waals surface area contributed by atoms with Crippen molar-refractivity contribution in [1.82, 2.24) is 19.5 Å². The van der Waals surface area contributed by atoms with Crippen LogP contribution in [-0.4, -0.2) is 25.6 Å². The molecular formula is C16H20N6. The maximum Gasteiger partial charge on any atom is 0.226 e. The molecule has 2 aromatic heterocycles. The number of nitrogens with one attached hydrogen (secondary N) is 1. The molecule has 0 saturated carbocycles. The van der Waals surface area contributed by atoms with E-state index < -0.39 is 0 Å². The monoisotopic (exact) mass is 296 g/mol. The molecule has 114 valence electrons. The van der Waals surface area contributed by atoms with Crippen LogP contribution in [0.1, 0.15) is 25.8 Å². The third-order valence-corrected chi connectivity index (χ3v) is 3.67. The number of imidazole rings is 1. The van der Waals surface area contributed by atoms with Crippen LogP contribution < -0.4 is 11.1 Å². The van der Waals surface area contributed by atoms with E-state index in [1.54, 1.807) is 6.33 Å². The van der Waals surface area contributed by atoms with Gasteiger partial charge in [0.05, 0.1) is 12.9 Å². The first kappa shape index (κ1) is 14.3. The van der Waals surface area contributed by atoms with Crippen LogP contribution in [0.2, 0.25) is 0 Å². The molecule has 0 spiro atoms. The van der Waals surface area contributed by atoms with Gasteiger partial charge in [-0.05, 0) is 18.9 Å². The molecule has 0 aliphatic carbocycles. The standard InChI is InChI=1S/C16H20N6/c1-3-11(2)19-16-20-14(17)13-15(21-16)22(10-18-13)9-12-7-5-4-6-8-12/h4-8,10-11H,3,9H2,1-2H3,(H3,17,19,20,21). The van der Waals surface area contributed by atoms with Crippen LogP contribution in [0.25, 0.3) is 11.2 Å². The summed E-state index contributed by atoms with van der Waals surface area (Å²) in [6, 6.07) is 10.5. The molecule has 2 heterocycles. The first-order valence-electron chi connectivity index (χ1n) is 7.46. The number of benzene rings is 1. The minimum absolute atomic E-state index is 0.294. The summed E-state index contributed by atoms with van der Waals surface area (Å²) in [6.07, 6.45) is 2.75. The number of fused-ring (bicyclic) bond motifs is 1. The van der Waals surface area contributed by atoms with Crippen LogP contribution >= 0.6 is 0 Å². The molecule has 0 bridgehead atoms. The van der Waals surface area contributed by atoms with E-state index in [4.69, 9.17) is 5.73 Å². The Morgan fingerprint density at radius 1 is 1.23 bits per heavy atom. The van der Waals surface area contributed by atoms with E-state index in [9.17, 15) is 0 Å². The van der Waals surface area contributed by atoms with Crippen molar-refractivity contribution in [2.75, 3.05) is 11.1 Å². The summed E-state index contributed by atoms with van der Waals surface area (Å²) in [5, 5.41) is 3.26. The van der Waals surface area contributed by atoms with Crippen LogP contribution in [0.4, 0.5) is 11.8 Å². The zero-order valence-corrected chi connectivity index (χ0v) is 12.8. The molecule has 6 nitrogen and oxygen atoms in total. The molecule has 1 atom stereocenters. The Labute approximate surface area is 129 Å². The van der Waals surface area contributed by atoms with Gasteiger partial charge in [0.1, 0.15) is 5.52 Å². The van der Waals surface area contributed by atoms with E-state index in [1.807, 2.05) is 22.8 Å². The molecule has 1 aromatic carbocycles. The van der Waals surface area contributed by atoms with Gasteiger partial charge in [-0.25, -0.2) is 4.98 Å². The number of hydrogen-bond donors (Lipinski definition) is 2. The zero-order valence-electron chi connectivity index (χ0n) is 12.8. The number of anilines is 2. The third kappa shape index (κ3) is 2.86. The highest BCUT2D eigenvalue weighted by molar-refractivity contribution is 5.82. The molecule has 0 amide bonds. The number of aromatic nitrogens is 4. The Hall–Kier alpha value is -2.63. The van der Waals surface area contributed by atoms with Gasteiger partial charge in [-0.1, -0.05) is 37.3 Å². The number of nitrogens with two attached hydrogens (primary N) is 1. The molecule has 0 fully saturated rings. The van der Waals surface area contributed by atoms with Gasteiger partial charge in [-0.2, -0.15) is 9.97 Å². The van der Waals surface area contributed by atoms with Gasteiger partial charge in [-0.3, -0.25) is 0 Å². The summed E-state index contributed by atoms with van der Waals surface area (Å²) in [4.78, 5) is 13.2. The van der Waals surface area contributed by atoms with Crippen molar-refractivity contribution in [2.24, 2.45) is 0 Å². The molecule has 3 N–H and O–H groups in total. The maximum atomic E-state index is 6.01. The predicted octanol–water partition coefficient (Wildman–Crippen LogP) is 2.67. The molecule has 6 heteroatoms. The SMILES string of the molecule is CCC(C)Nc1nc(N)c2ncn(Cc3ccccc3)c2n1. The number of rotatable bonds is 5. The average Bonchev–Trinajstić information content (AvgIpc) is 2.92. The molecule has 1 unspecified atom stereocenters. The fraction of sp³-hybridized carbons (Fsp3) is 0.312. The normalized spacial score (nSPS) is 12.5. The summed E-state index contributed by atoms with van der Waals surface area (Å²) < 4.78 is 1.99. The average molecular weight is 296 g/mol. The Bertz CT molecular complexity index is 765. The van der Waals surface area contributed by atoms with Gasteiger partial charge >= 0.3 is 0 Å². The van der Waals surface area contributed by atoms with Crippen LogP contribution in [0.5, 0.6) is 0 Å². The minimum Gasteiger partial charge on any atom is -0.382 e. The first-order chi connectivity index (χ1) is 10.7. The number of nitrogen functional groups attached to an aromatic ring is 1. The lowest BCUT2D eigenvalue weighted by atomic mass is 10.2. The highest BCUT2D eigenvalue weighted by Gasteiger charge is 2.12. The summed E-state index contributed by atoms with van der Waals surface area (Å²) in [7, 11) is 0. The maximum absolute atomic E-state index is 6.01. The molecule has 0 aliphatic rings. The van der Waals surface area contributed by atoms with E-state index >= 15 is 0 Å². The fourth-order valence-corrected chi connectivity index (χ4v) is 2.25. The molecular weight excluding hydrogens is 276 g/mol. The van der Waals surface area contributed by atoms with Crippen LogP contribution in [0, 0.1) is 0 Å². The van der Waals surface area contributed by atoms with Crippen molar-refractivity contribution < 1.29 is 0 Å². The van der Waals surface area contributed by atoms with Crippen LogP contribution in [-0.2, 0) is 6.54 Å². The van der Waals surface area contributed by atoms with Crippen molar-refractivity contribution in [3.05, 3.63) is 42.2 Å². The van der Waals surface area contributed by atoms with E-state index in [0.29, 0.717) is 29.9 Å². The van der Waals surface area contributed by atoms with Crippen LogP contribution in [0.3, 0.4) is 0 Å². The van der Waals surface area contributed by atoms with E-state index in [1.165, 1.54) is 5.56 Å². The van der Waals surface area contributed by atoms with Gasteiger partial charge in [-0.15, -0.1) is 0 Å². The molecule has 0 aliphatic heterocycles. The van der Waals surface area contributed by atoms with Gasteiger partial charge in [0, 0.05) is 6.04 Å². The number of nitrogens with zero attached hydrogens (tertiary/aromatic N) is 4. The van der Waals surface area contributed by atoms with E-state index in [-0.39, 0.29) is 0 Å². The lowest BCUT2D eigenvalue weighted by Crippen LogP contribution is -2.16. The third-order valence-electron chi connectivity index (χ3n) is 3.67. The highest BCUT2D eigenvalue weighted by atomic mass is 15.2. The van der Waals surface area contributed by atoms with Gasteiger partial charge in [0.15, 0.2) is 11.5 Å². The summed E-state index contributed by atoms with van der Waals surface area (Å²) in [6.45, 7) is 4.90. The number of hydrogen-bond acceptors (Lipinski definition) is 5. The fourth-order valence-electron chi connectivity index (χ4n) is 2.25. The van der Waals surface area contributed by atoms with E-state index in [0.717, 1.165) is 12.1 Å². The van der Waals surface area contributed by atoms with Gasteiger partial charge < -0.3 is 15.6 Å². The summed E-state index contributed by atoms with van der Waals surface area (Å²) in [5.74, 6) is 0.955. The first-order valence-corrected chi connectivity index (χ1v) is 7.46. The largest absolute Gasteiger partial charge is 0.382 e. The quantitative estimate of drug-likeness (QED) is 0.756. The smallest absolute Gasteiger partial charge is 0.226 e. The Balaban J connectivity index is 1.97. The predicted molar refractivity (Wildman–Crippen MR) is 88.7 cm³/mol. The van der Waals surface area contributed by atoms with Crippen molar-refractivity contribution >= 4 is 22.9 Å². The lowest BCUT2D eigenvalue weighted by molar-refractivity contribution is 0.752. The lowest BCUT2D eigenvalue weighted by Gasteiger charge is -2.12. The Kier molecular flexibility index (Phi) is 3.91. The van der Waals surface area contributed by atoms with Crippen molar-refractivity contribution in [1.29, 1.82) is 0 Å². The second kappa shape index (κ2) is 6.01. The topological polar surface area (TPSA) is 81.6 Å². The Morgan fingerprint density at radius 2 is 2.00 bits per heavy atom. The second-order valence-corrected chi connectivity index (χ2v) is 5.42. The second-order valence-electron chi connectivity index (χ2n) is 5.42. The molecule has 3 aromatic rings. The Morgan fingerprint density at radius 3 is 2.73 bits per heavy atom. The molecule has 22 heavy (non-hydrogen) atoms. The van der Waals surface area contributed by atoms with Crippen molar-refractivity contribution in [3.8, 4) is 0 Å². The highest BCUT2D eigenvalue weighted by Crippen LogP contribution is 2.19. The van der Waals surface area contributed by atoms with Crippen molar-refractivity contribution in [2.45, 2.75) is 32.9 Å². The molecule has 0 radical (unpaired) electrons. The zero-order chi connectivity index (χ0) is 15.5.